The summed E-state index contributed by atoms with van der Waals surface area (Å²) in [6.45, 7) is 4.46. The Morgan fingerprint density at radius 1 is 1.00 bits per heavy atom. The average Bonchev–Trinajstić information content (AvgIpc) is 2.90. The van der Waals surface area contributed by atoms with Crippen molar-refractivity contribution in [3.05, 3.63) is 94.9 Å². The first-order valence-corrected chi connectivity index (χ1v) is 12.3. The van der Waals surface area contributed by atoms with Crippen molar-refractivity contribution in [1.29, 1.82) is 5.26 Å². The van der Waals surface area contributed by atoms with E-state index in [0.717, 1.165) is 36.0 Å². The zero-order valence-corrected chi connectivity index (χ0v) is 21.0. The third-order valence-electron chi connectivity index (χ3n) is 6.04. The maximum absolute atomic E-state index is 12.4. The van der Waals surface area contributed by atoms with Crippen LogP contribution in [-0.4, -0.2) is 19.2 Å². The summed E-state index contributed by atoms with van der Waals surface area (Å²) in [5.74, 6) is 0.939. The summed E-state index contributed by atoms with van der Waals surface area (Å²) in [6.07, 6.45) is 3.12. The maximum atomic E-state index is 12.4. The smallest absolute Gasteiger partial charge is 0.349 e. The van der Waals surface area contributed by atoms with Crippen LogP contribution in [-0.2, 0) is 4.79 Å². The van der Waals surface area contributed by atoms with Gasteiger partial charge in [0.15, 0.2) is 6.61 Å². The van der Waals surface area contributed by atoms with Gasteiger partial charge in [-0.15, -0.1) is 0 Å². The van der Waals surface area contributed by atoms with E-state index in [0.29, 0.717) is 29.4 Å². The van der Waals surface area contributed by atoms with Crippen LogP contribution in [0.15, 0.2) is 78.2 Å². The number of nitrogens with zero attached hydrogens (tertiary/aromatic N) is 1. The molecule has 1 atom stereocenters. The zero-order chi connectivity index (χ0) is 26.2. The summed E-state index contributed by atoms with van der Waals surface area (Å²) in [7, 11) is 0. The Labute approximate surface area is 217 Å². The van der Waals surface area contributed by atoms with Gasteiger partial charge in [-0.2, -0.15) is 5.26 Å². The highest BCUT2D eigenvalue weighted by Gasteiger charge is 2.33. The molecule has 0 aromatic heterocycles. The van der Waals surface area contributed by atoms with Gasteiger partial charge in [-0.3, -0.25) is 0 Å². The van der Waals surface area contributed by atoms with Gasteiger partial charge in [-0.25, -0.2) is 4.79 Å². The summed E-state index contributed by atoms with van der Waals surface area (Å²) >= 11 is 0. The highest BCUT2D eigenvalue weighted by Crippen LogP contribution is 2.45. The molecular formula is C30H30N2O5. The van der Waals surface area contributed by atoms with E-state index < -0.39 is 11.9 Å². The molecule has 37 heavy (non-hydrogen) atoms. The summed E-state index contributed by atoms with van der Waals surface area (Å²) in [6, 6.07) is 22.3. The number of carbonyl (C=O) groups excluding carboxylic acids is 1. The van der Waals surface area contributed by atoms with E-state index in [1.807, 2.05) is 43.3 Å². The van der Waals surface area contributed by atoms with E-state index in [4.69, 9.17) is 24.7 Å². The number of benzene rings is 3. The molecule has 0 spiro atoms. The summed E-state index contributed by atoms with van der Waals surface area (Å²) in [4.78, 5) is 12.4. The standard InChI is InChI=1S/C30H30N2O5/c1-3-4-7-16-34-26-9-6-5-8-23(26)29-24-15-14-22(17-27(24)37-30(32)25(29)18-31)36-28(33)19-35-21-12-10-20(2)11-13-21/h5-6,8-15,17,29H,3-4,7,16,19,32H2,1-2H3. The Balaban J connectivity index is 1.54. The predicted octanol–water partition coefficient (Wildman–Crippen LogP) is 5.77. The minimum Gasteiger partial charge on any atom is -0.493 e. The molecule has 4 rings (SSSR count). The van der Waals surface area contributed by atoms with E-state index in [1.165, 1.54) is 0 Å². The molecule has 0 bridgehead atoms. The Morgan fingerprint density at radius 2 is 1.76 bits per heavy atom. The number of allylic oxidation sites excluding steroid dienone is 1. The van der Waals surface area contributed by atoms with Gasteiger partial charge >= 0.3 is 5.97 Å². The molecule has 0 amide bonds. The van der Waals surface area contributed by atoms with Crippen LogP contribution in [0.3, 0.4) is 0 Å². The fraction of sp³-hybridized carbons (Fsp3) is 0.267. The van der Waals surface area contributed by atoms with Crippen molar-refractivity contribution in [2.24, 2.45) is 5.73 Å². The normalized spacial score (nSPS) is 14.2. The second-order valence-electron chi connectivity index (χ2n) is 8.79. The van der Waals surface area contributed by atoms with Gasteiger partial charge in [0.05, 0.1) is 12.5 Å². The number of nitrogens with two attached hydrogens (primary N) is 1. The number of aryl methyl sites for hydroxylation is 1. The van der Waals surface area contributed by atoms with Crippen LogP contribution in [0.4, 0.5) is 0 Å². The molecule has 3 aromatic carbocycles. The first kappa shape index (κ1) is 25.6. The van der Waals surface area contributed by atoms with Crippen LogP contribution in [0.5, 0.6) is 23.0 Å². The lowest BCUT2D eigenvalue weighted by molar-refractivity contribution is -0.136. The van der Waals surface area contributed by atoms with Gasteiger partial charge in [-0.05, 0) is 37.6 Å². The molecule has 7 nitrogen and oxygen atoms in total. The quantitative estimate of drug-likeness (QED) is 0.215. The van der Waals surface area contributed by atoms with Crippen molar-refractivity contribution in [2.75, 3.05) is 13.2 Å². The number of ether oxygens (including phenoxy) is 4. The topological polar surface area (TPSA) is 104 Å². The summed E-state index contributed by atoms with van der Waals surface area (Å²) in [5.41, 5.74) is 9.11. The van der Waals surface area contributed by atoms with Crippen molar-refractivity contribution in [3.63, 3.8) is 0 Å². The molecule has 1 unspecified atom stereocenters. The number of para-hydroxylation sites is 1. The number of esters is 1. The highest BCUT2D eigenvalue weighted by molar-refractivity contribution is 5.74. The maximum Gasteiger partial charge on any atom is 0.349 e. The molecule has 3 aromatic rings. The van der Waals surface area contributed by atoms with Crippen molar-refractivity contribution in [2.45, 2.75) is 39.0 Å². The first-order valence-electron chi connectivity index (χ1n) is 12.3. The van der Waals surface area contributed by atoms with Crippen LogP contribution in [0.2, 0.25) is 0 Å². The number of fused-ring (bicyclic) bond motifs is 1. The largest absolute Gasteiger partial charge is 0.493 e. The molecule has 1 aliphatic heterocycles. The summed E-state index contributed by atoms with van der Waals surface area (Å²) < 4.78 is 22.8. The van der Waals surface area contributed by atoms with Crippen LogP contribution < -0.4 is 24.7 Å². The van der Waals surface area contributed by atoms with Crippen LogP contribution in [0.25, 0.3) is 0 Å². The van der Waals surface area contributed by atoms with Gasteiger partial charge in [0.1, 0.15) is 34.6 Å². The Bertz CT molecular complexity index is 1320. The van der Waals surface area contributed by atoms with E-state index in [1.54, 1.807) is 30.3 Å². The number of unbranched alkanes of at least 4 members (excludes halogenated alkanes) is 2. The molecule has 0 aliphatic carbocycles. The van der Waals surface area contributed by atoms with E-state index in [2.05, 4.69) is 13.0 Å². The van der Waals surface area contributed by atoms with E-state index >= 15 is 0 Å². The third-order valence-corrected chi connectivity index (χ3v) is 6.04. The Kier molecular flexibility index (Phi) is 8.32. The van der Waals surface area contributed by atoms with Crippen molar-refractivity contribution in [3.8, 4) is 29.1 Å². The van der Waals surface area contributed by atoms with Crippen LogP contribution in [0.1, 0.15) is 48.8 Å². The fourth-order valence-electron chi connectivity index (χ4n) is 4.14. The lowest BCUT2D eigenvalue weighted by Crippen LogP contribution is -2.22. The third kappa shape index (κ3) is 6.22. The molecule has 0 saturated heterocycles. The number of nitriles is 1. The van der Waals surface area contributed by atoms with Crippen molar-refractivity contribution < 1.29 is 23.7 Å². The number of carbonyl (C=O) groups is 1. The van der Waals surface area contributed by atoms with Gasteiger partial charge in [0.2, 0.25) is 5.88 Å². The minimum atomic E-state index is -0.556. The number of hydrogen-bond acceptors (Lipinski definition) is 7. The van der Waals surface area contributed by atoms with Gasteiger partial charge in [0.25, 0.3) is 0 Å². The monoisotopic (exact) mass is 498 g/mol. The van der Waals surface area contributed by atoms with Gasteiger partial charge in [-0.1, -0.05) is 61.7 Å². The number of hydrogen-bond donors (Lipinski definition) is 1. The predicted molar refractivity (Wildman–Crippen MR) is 140 cm³/mol. The zero-order valence-electron chi connectivity index (χ0n) is 21.0. The SMILES string of the molecule is CCCCCOc1ccccc1C1C(C#N)=C(N)Oc2cc(OC(=O)COc3ccc(C)cc3)ccc21. The van der Waals surface area contributed by atoms with Crippen LogP contribution in [0, 0.1) is 18.3 Å². The molecule has 1 aliphatic rings. The minimum absolute atomic E-state index is 0.00645. The second kappa shape index (κ2) is 12.0. The molecule has 2 N–H and O–H groups in total. The van der Waals surface area contributed by atoms with E-state index in [9.17, 15) is 10.1 Å². The van der Waals surface area contributed by atoms with Gasteiger partial charge in [0, 0.05) is 17.2 Å². The second-order valence-corrected chi connectivity index (χ2v) is 8.79. The molecular weight excluding hydrogens is 468 g/mol. The fourth-order valence-corrected chi connectivity index (χ4v) is 4.14. The highest BCUT2D eigenvalue weighted by atomic mass is 16.6. The van der Waals surface area contributed by atoms with E-state index in [-0.39, 0.29) is 18.2 Å². The molecule has 0 radical (unpaired) electrons. The van der Waals surface area contributed by atoms with Crippen molar-refractivity contribution >= 4 is 5.97 Å². The van der Waals surface area contributed by atoms with Gasteiger partial charge < -0.3 is 24.7 Å². The van der Waals surface area contributed by atoms with Crippen molar-refractivity contribution in [1.82, 2.24) is 0 Å². The average molecular weight is 499 g/mol. The first-order chi connectivity index (χ1) is 18.0. The lowest BCUT2D eigenvalue weighted by atomic mass is 9.83. The lowest BCUT2D eigenvalue weighted by Gasteiger charge is -2.28. The molecule has 0 fully saturated rings. The molecule has 190 valence electrons. The Hall–Kier alpha value is -4.44. The summed E-state index contributed by atoms with van der Waals surface area (Å²) in [5, 5.41) is 9.91. The van der Waals surface area contributed by atoms with Crippen LogP contribution >= 0.6 is 0 Å². The Morgan fingerprint density at radius 3 is 2.51 bits per heavy atom. The number of rotatable bonds is 10. The molecule has 0 saturated carbocycles. The molecule has 7 heteroatoms. The molecule has 1 heterocycles.